The molecule has 3 N–H and O–H groups in total. The number of thioether (sulfide) groups is 1. The van der Waals surface area contributed by atoms with Crippen LogP contribution in [0.1, 0.15) is 5.56 Å². The molecule has 0 fully saturated rings. The van der Waals surface area contributed by atoms with Crippen LogP contribution in [0.2, 0.25) is 0 Å². The fraction of sp³-hybridized carbons (Fsp3) is 0.0714. The number of amidine groups is 1. The van der Waals surface area contributed by atoms with E-state index in [4.69, 9.17) is 11.1 Å². The highest BCUT2D eigenvalue weighted by atomic mass is 79.9. The van der Waals surface area contributed by atoms with Crippen molar-refractivity contribution in [2.24, 2.45) is 5.73 Å². The van der Waals surface area contributed by atoms with Crippen molar-refractivity contribution in [3.63, 3.8) is 0 Å². The van der Waals surface area contributed by atoms with Gasteiger partial charge in [0.05, 0.1) is 0 Å². The zero-order valence-corrected chi connectivity index (χ0v) is 12.6. The van der Waals surface area contributed by atoms with Crippen LogP contribution in [0.25, 0.3) is 11.1 Å². The van der Waals surface area contributed by atoms with Gasteiger partial charge in [0.1, 0.15) is 5.82 Å². The molecular weight excluding hydrogens is 327 g/mol. The Morgan fingerprint density at radius 3 is 2.42 bits per heavy atom. The third-order valence-corrected chi connectivity index (χ3v) is 3.29. The van der Waals surface area contributed by atoms with E-state index in [1.807, 2.05) is 24.3 Å². The van der Waals surface area contributed by atoms with Crippen LogP contribution in [0.3, 0.4) is 0 Å². The molecule has 2 aromatic carbocycles. The quantitative estimate of drug-likeness (QED) is 0.649. The number of nitrogens with two attached hydrogens (primary N) is 1. The number of nitrogens with one attached hydrogen (secondary N) is 1. The van der Waals surface area contributed by atoms with Crippen molar-refractivity contribution in [3.05, 3.63) is 59.9 Å². The fourth-order valence-corrected chi connectivity index (χ4v) is 2.15. The van der Waals surface area contributed by atoms with E-state index in [1.54, 1.807) is 12.1 Å². The summed E-state index contributed by atoms with van der Waals surface area (Å²) in [6.07, 6.45) is 0. The molecule has 2 aromatic rings. The third-order valence-electron chi connectivity index (χ3n) is 2.50. The SMILES string of the molecule is Br.N=C(N)SCc1cccc(-c2ccc(F)cc2)c1. The van der Waals surface area contributed by atoms with Crippen LogP contribution in [0.4, 0.5) is 4.39 Å². The molecular formula is C14H14BrFN2S. The molecule has 5 heteroatoms. The monoisotopic (exact) mass is 340 g/mol. The molecule has 0 radical (unpaired) electrons. The maximum atomic E-state index is 12.9. The third kappa shape index (κ3) is 4.69. The lowest BCUT2D eigenvalue weighted by molar-refractivity contribution is 0.628. The first-order valence-corrected chi connectivity index (χ1v) is 6.45. The molecule has 0 atom stereocenters. The zero-order valence-electron chi connectivity index (χ0n) is 10.1. The van der Waals surface area contributed by atoms with Gasteiger partial charge in [0.25, 0.3) is 0 Å². The van der Waals surface area contributed by atoms with Crippen LogP contribution < -0.4 is 5.73 Å². The number of hydrogen-bond donors (Lipinski definition) is 2. The number of halogens is 2. The first-order chi connectivity index (χ1) is 8.65. The van der Waals surface area contributed by atoms with Gasteiger partial charge in [-0.25, -0.2) is 4.39 Å². The van der Waals surface area contributed by atoms with Crippen molar-refractivity contribution >= 4 is 33.9 Å². The number of benzene rings is 2. The highest BCUT2D eigenvalue weighted by Gasteiger charge is 2.01. The topological polar surface area (TPSA) is 49.9 Å². The highest BCUT2D eigenvalue weighted by Crippen LogP contribution is 2.22. The van der Waals surface area contributed by atoms with Crippen LogP contribution in [0, 0.1) is 11.2 Å². The lowest BCUT2D eigenvalue weighted by Gasteiger charge is -2.05. The molecule has 0 aliphatic rings. The lowest BCUT2D eigenvalue weighted by atomic mass is 10.0. The van der Waals surface area contributed by atoms with Crippen LogP contribution in [-0.2, 0) is 5.75 Å². The first kappa shape index (κ1) is 15.7. The van der Waals surface area contributed by atoms with Gasteiger partial charge >= 0.3 is 0 Å². The summed E-state index contributed by atoms with van der Waals surface area (Å²) < 4.78 is 12.9. The summed E-state index contributed by atoms with van der Waals surface area (Å²) in [6.45, 7) is 0. The molecule has 2 nitrogen and oxygen atoms in total. The molecule has 19 heavy (non-hydrogen) atoms. The standard InChI is InChI=1S/C14H13FN2S.BrH/c15-13-6-4-11(5-7-13)12-3-1-2-10(8-12)9-18-14(16)17;/h1-8H,9H2,(H3,16,17);1H. The van der Waals surface area contributed by atoms with E-state index >= 15 is 0 Å². The Labute approximate surface area is 126 Å². The van der Waals surface area contributed by atoms with E-state index < -0.39 is 0 Å². The largest absolute Gasteiger partial charge is 0.379 e. The van der Waals surface area contributed by atoms with Crippen molar-refractivity contribution in [2.75, 3.05) is 0 Å². The summed E-state index contributed by atoms with van der Waals surface area (Å²) >= 11 is 1.29. The minimum atomic E-state index is -0.234. The average molecular weight is 341 g/mol. The summed E-state index contributed by atoms with van der Waals surface area (Å²) in [4.78, 5) is 0. The Bertz CT molecular complexity index is 558. The van der Waals surface area contributed by atoms with Crippen molar-refractivity contribution in [2.45, 2.75) is 5.75 Å². The second-order valence-corrected chi connectivity index (χ2v) is 4.88. The average Bonchev–Trinajstić information content (AvgIpc) is 2.37. The molecule has 0 saturated heterocycles. The molecule has 0 aromatic heterocycles. The van der Waals surface area contributed by atoms with Crippen LogP contribution >= 0.6 is 28.7 Å². The second-order valence-electron chi connectivity index (χ2n) is 3.86. The summed E-state index contributed by atoms with van der Waals surface area (Å²) in [7, 11) is 0. The Morgan fingerprint density at radius 2 is 1.79 bits per heavy atom. The van der Waals surface area contributed by atoms with E-state index in [2.05, 4.69) is 0 Å². The minimum absolute atomic E-state index is 0. The van der Waals surface area contributed by atoms with Crippen molar-refractivity contribution < 1.29 is 4.39 Å². The van der Waals surface area contributed by atoms with E-state index in [0.717, 1.165) is 16.7 Å². The van der Waals surface area contributed by atoms with Gasteiger partial charge in [-0.05, 0) is 28.8 Å². The van der Waals surface area contributed by atoms with E-state index in [0.29, 0.717) is 5.75 Å². The van der Waals surface area contributed by atoms with Gasteiger partial charge in [0, 0.05) is 5.75 Å². The van der Waals surface area contributed by atoms with Gasteiger partial charge in [0.2, 0.25) is 0 Å². The Morgan fingerprint density at radius 1 is 1.11 bits per heavy atom. The van der Waals surface area contributed by atoms with Gasteiger partial charge in [-0.3, -0.25) is 5.41 Å². The normalized spacial score (nSPS) is 9.74. The summed E-state index contributed by atoms with van der Waals surface area (Å²) in [6, 6.07) is 14.4. The summed E-state index contributed by atoms with van der Waals surface area (Å²) in [5, 5.41) is 7.30. The van der Waals surface area contributed by atoms with Gasteiger partial charge in [0.15, 0.2) is 5.17 Å². The van der Waals surface area contributed by atoms with E-state index in [9.17, 15) is 4.39 Å². The van der Waals surface area contributed by atoms with Gasteiger partial charge in [-0.2, -0.15) is 0 Å². The molecule has 0 unspecified atom stereocenters. The smallest absolute Gasteiger partial charge is 0.151 e. The maximum absolute atomic E-state index is 12.9. The van der Waals surface area contributed by atoms with Crippen molar-refractivity contribution in [1.29, 1.82) is 5.41 Å². The molecule has 0 saturated carbocycles. The fourth-order valence-electron chi connectivity index (χ4n) is 1.64. The lowest BCUT2D eigenvalue weighted by Crippen LogP contribution is -2.03. The van der Waals surface area contributed by atoms with E-state index in [1.165, 1.54) is 23.9 Å². The van der Waals surface area contributed by atoms with Crippen LogP contribution in [0.5, 0.6) is 0 Å². The zero-order chi connectivity index (χ0) is 13.0. The predicted octanol–water partition coefficient (Wildman–Crippen LogP) is 4.20. The molecule has 0 aliphatic heterocycles. The molecule has 0 spiro atoms. The highest BCUT2D eigenvalue weighted by molar-refractivity contribution is 8.93. The molecule has 100 valence electrons. The summed E-state index contributed by atoms with van der Waals surface area (Å²) in [5.74, 6) is 0.437. The first-order valence-electron chi connectivity index (χ1n) is 5.47. The molecule has 0 heterocycles. The predicted molar refractivity (Wildman–Crippen MR) is 85.4 cm³/mol. The Kier molecular flexibility index (Phi) is 6.05. The van der Waals surface area contributed by atoms with Crippen LogP contribution in [0.15, 0.2) is 48.5 Å². The number of hydrogen-bond acceptors (Lipinski definition) is 2. The summed E-state index contributed by atoms with van der Waals surface area (Å²) in [5.41, 5.74) is 8.42. The molecule has 0 bridgehead atoms. The van der Waals surface area contributed by atoms with Crippen molar-refractivity contribution in [3.8, 4) is 11.1 Å². The minimum Gasteiger partial charge on any atom is -0.379 e. The van der Waals surface area contributed by atoms with Gasteiger partial charge < -0.3 is 5.73 Å². The van der Waals surface area contributed by atoms with Crippen LogP contribution in [-0.4, -0.2) is 5.17 Å². The van der Waals surface area contributed by atoms with Gasteiger partial charge in [-0.15, -0.1) is 17.0 Å². The molecule has 2 rings (SSSR count). The molecule has 0 aliphatic carbocycles. The number of rotatable bonds is 3. The van der Waals surface area contributed by atoms with E-state index in [-0.39, 0.29) is 28.0 Å². The maximum Gasteiger partial charge on any atom is 0.151 e. The Balaban J connectivity index is 0.00000180. The second kappa shape index (κ2) is 7.31. The van der Waals surface area contributed by atoms with Gasteiger partial charge in [-0.1, -0.05) is 48.2 Å². The molecule has 0 amide bonds. The van der Waals surface area contributed by atoms with Crippen molar-refractivity contribution in [1.82, 2.24) is 0 Å². The Hall–Kier alpha value is -1.33.